The van der Waals surface area contributed by atoms with Gasteiger partial charge in [0.2, 0.25) is 0 Å². The van der Waals surface area contributed by atoms with Gasteiger partial charge in [0, 0.05) is 12.2 Å². The van der Waals surface area contributed by atoms with E-state index < -0.39 is 0 Å². The van der Waals surface area contributed by atoms with Gasteiger partial charge in [0.05, 0.1) is 13.2 Å². The maximum atomic E-state index is 5.35. The van der Waals surface area contributed by atoms with E-state index in [2.05, 4.69) is 98.5 Å². The van der Waals surface area contributed by atoms with Crippen LogP contribution in [0.2, 0.25) is 0 Å². The Bertz CT molecular complexity index is 935. The summed E-state index contributed by atoms with van der Waals surface area (Å²) in [5, 5.41) is 0. The van der Waals surface area contributed by atoms with Gasteiger partial charge in [0.1, 0.15) is 5.75 Å². The number of hydrogen-bond donors (Lipinski definition) is 0. The number of fused-ring (bicyclic) bond motifs is 1. The second kappa shape index (κ2) is 7.35. The molecule has 0 amide bonds. The van der Waals surface area contributed by atoms with Crippen LogP contribution in [0.1, 0.15) is 49.1 Å². The normalized spacial score (nSPS) is 16.6. The predicted octanol–water partition coefficient (Wildman–Crippen LogP) is 6.14. The molecule has 0 saturated carbocycles. The molecule has 0 fully saturated rings. The fourth-order valence-electron chi connectivity index (χ4n) is 4.14. The summed E-state index contributed by atoms with van der Waals surface area (Å²) < 4.78 is 5.35. The molecule has 0 saturated heterocycles. The van der Waals surface area contributed by atoms with Crippen LogP contribution in [-0.4, -0.2) is 13.7 Å². The molecule has 0 bridgehead atoms. The molecule has 1 atom stereocenters. The van der Waals surface area contributed by atoms with Crippen molar-refractivity contribution in [1.82, 2.24) is 0 Å². The number of methoxy groups -OCH3 is 1. The smallest absolute Gasteiger partial charge is 0.119 e. The van der Waals surface area contributed by atoms with Crippen LogP contribution in [-0.2, 0) is 11.8 Å². The van der Waals surface area contributed by atoms with Crippen molar-refractivity contribution in [3.05, 3.63) is 95.1 Å². The molecule has 28 heavy (non-hydrogen) atoms. The minimum absolute atomic E-state index is 0.165. The molecule has 1 aliphatic rings. The predicted molar refractivity (Wildman–Crippen MR) is 117 cm³/mol. The lowest BCUT2D eigenvalue weighted by Gasteiger charge is -2.39. The van der Waals surface area contributed by atoms with Gasteiger partial charge >= 0.3 is 0 Å². The van der Waals surface area contributed by atoms with E-state index in [1.165, 1.54) is 27.9 Å². The zero-order chi connectivity index (χ0) is 19.7. The molecule has 2 nitrogen and oxygen atoms in total. The van der Waals surface area contributed by atoms with Crippen molar-refractivity contribution in [1.29, 1.82) is 0 Å². The zero-order valence-electron chi connectivity index (χ0n) is 17.3. The van der Waals surface area contributed by atoms with Crippen molar-refractivity contribution in [2.45, 2.75) is 38.6 Å². The molecule has 0 spiro atoms. The van der Waals surface area contributed by atoms with Crippen LogP contribution < -0.4 is 9.64 Å². The average molecular weight is 372 g/mol. The largest absolute Gasteiger partial charge is 0.497 e. The molecule has 0 N–H and O–H groups in total. The summed E-state index contributed by atoms with van der Waals surface area (Å²) in [5.41, 5.74) is 6.98. The Morgan fingerprint density at radius 3 is 2.18 bits per heavy atom. The molecule has 3 aromatic carbocycles. The molecule has 2 heteroatoms. The van der Waals surface area contributed by atoms with Crippen molar-refractivity contribution >= 4 is 5.69 Å². The lowest BCUT2D eigenvalue weighted by molar-refractivity contribution is 0.414. The third-order valence-corrected chi connectivity index (χ3v) is 5.78. The fraction of sp³-hybridized carbons (Fsp3) is 0.308. The number of hydrogen-bond acceptors (Lipinski definition) is 2. The molecular formula is C26H29NO. The lowest BCUT2D eigenvalue weighted by Crippen LogP contribution is -2.36. The third-order valence-electron chi connectivity index (χ3n) is 5.78. The standard InChI is InChI=1S/C26H29NO/c1-26(2,3)21-11-9-20(10-12-21)25-24-8-6-5-7-19(24)17-18-27(25)22-13-15-23(28-4)16-14-22/h5-16,25H,17-18H2,1-4H3. The summed E-state index contributed by atoms with van der Waals surface area (Å²) in [7, 11) is 1.71. The molecule has 1 aliphatic heterocycles. The minimum Gasteiger partial charge on any atom is -0.497 e. The number of benzene rings is 3. The van der Waals surface area contributed by atoms with Crippen molar-refractivity contribution in [3.8, 4) is 5.75 Å². The first kappa shape index (κ1) is 18.6. The van der Waals surface area contributed by atoms with Gasteiger partial charge in [-0.25, -0.2) is 0 Å². The van der Waals surface area contributed by atoms with E-state index in [0.717, 1.165) is 18.7 Å². The van der Waals surface area contributed by atoms with Gasteiger partial charge in [0.15, 0.2) is 0 Å². The molecule has 1 heterocycles. The van der Waals surface area contributed by atoms with Crippen LogP contribution in [0.4, 0.5) is 5.69 Å². The van der Waals surface area contributed by atoms with E-state index in [1.807, 2.05) is 0 Å². The van der Waals surface area contributed by atoms with Gasteiger partial charge in [0.25, 0.3) is 0 Å². The van der Waals surface area contributed by atoms with Crippen molar-refractivity contribution in [2.24, 2.45) is 0 Å². The molecule has 3 aromatic rings. The van der Waals surface area contributed by atoms with Crippen LogP contribution in [0.3, 0.4) is 0 Å². The minimum atomic E-state index is 0.165. The van der Waals surface area contributed by atoms with Gasteiger partial charge in [-0.1, -0.05) is 69.3 Å². The van der Waals surface area contributed by atoms with Gasteiger partial charge < -0.3 is 9.64 Å². The van der Waals surface area contributed by atoms with Gasteiger partial charge in [-0.2, -0.15) is 0 Å². The lowest BCUT2D eigenvalue weighted by atomic mass is 9.84. The molecule has 0 radical (unpaired) electrons. The van der Waals surface area contributed by atoms with E-state index in [0.29, 0.717) is 0 Å². The van der Waals surface area contributed by atoms with E-state index in [4.69, 9.17) is 4.74 Å². The SMILES string of the molecule is COc1ccc(N2CCc3ccccc3C2c2ccc(C(C)(C)C)cc2)cc1. The zero-order valence-corrected chi connectivity index (χ0v) is 17.3. The molecule has 4 rings (SSSR count). The fourth-order valence-corrected chi connectivity index (χ4v) is 4.14. The van der Waals surface area contributed by atoms with Crippen LogP contribution in [0.15, 0.2) is 72.8 Å². The Morgan fingerprint density at radius 1 is 0.857 bits per heavy atom. The number of ether oxygens (including phenoxy) is 1. The topological polar surface area (TPSA) is 12.5 Å². The van der Waals surface area contributed by atoms with Crippen LogP contribution in [0.5, 0.6) is 5.75 Å². The Kier molecular flexibility index (Phi) is 4.89. The maximum Gasteiger partial charge on any atom is 0.119 e. The molecule has 144 valence electrons. The number of nitrogens with zero attached hydrogens (tertiary/aromatic N) is 1. The highest BCUT2D eigenvalue weighted by molar-refractivity contribution is 5.57. The quantitative estimate of drug-likeness (QED) is 0.548. The van der Waals surface area contributed by atoms with Crippen LogP contribution in [0, 0.1) is 0 Å². The first-order valence-corrected chi connectivity index (χ1v) is 10.1. The van der Waals surface area contributed by atoms with E-state index in [-0.39, 0.29) is 11.5 Å². The Labute approximate surface area is 168 Å². The number of rotatable bonds is 3. The third kappa shape index (κ3) is 3.52. The Hall–Kier alpha value is -2.74. The summed E-state index contributed by atoms with van der Waals surface area (Å²) in [4.78, 5) is 2.52. The molecule has 0 aliphatic carbocycles. The molecule has 0 aromatic heterocycles. The van der Waals surface area contributed by atoms with E-state index in [1.54, 1.807) is 7.11 Å². The second-order valence-electron chi connectivity index (χ2n) is 8.61. The molecule has 1 unspecified atom stereocenters. The monoisotopic (exact) mass is 371 g/mol. The summed E-state index contributed by atoms with van der Waals surface area (Å²) in [6, 6.07) is 26.7. The maximum absolute atomic E-state index is 5.35. The van der Waals surface area contributed by atoms with Crippen LogP contribution >= 0.6 is 0 Å². The second-order valence-corrected chi connectivity index (χ2v) is 8.61. The number of anilines is 1. The first-order chi connectivity index (χ1) is 13.5. The Morgan fingerprint density at radius 2 is 1.54 bits per heavy atom. The molecular weight excluding hydrogens is 342 g/mol. The van der Waals surface area contributed by atoms with E-state index in [9.17, 15) is 0 Å². The highest BCUT2D eigenvalue weighted by atomic mass is 16.5. The summed E-state index contributed by atoms with van der Waals surface area (Å²) in [6.45, 7) is 7.81. The van der Waals surface area contributed by atoms with Crippen molar-refractivity contribution in [2.75, 3.05) is 18.6 Å². The van der Waals surface area contributed by atoms with Gasteiger partial charge in [-0.15, -0.1) is 0 Å². The summed E-state index contributed by atoms with van der Waals surface area (Å²) in [6.07, 6.45) is 1.07. The van der Waals surface area contributed by atoms with E-state index >= 15 is 0 Å². The van der Waals surface area contributed by atoms with Gasteiger partial charge in [-0.3, -0.25) is 0 Å². The summed E-state index contributed by atoms with van der Waals surface area (Å²) >= 11 is 0. The Balaban J connectivity index is 1.78. The van der Waals surface area contributed by atoms with Crippen molar-refractivity contribution < 1.29 is 4.74 Å². The average Bonchev–Trinajstić information content (AvgIpc) is 2.72. The van der Waals surface area contributed by atoms with Crippen molar-refractivity contribution in [3.63, 3.8) is 0 Å². The first-order valence-electron chi connectivity index (χ1n) is 10.1. The van der Waals surface area contributed by atoms with Crippen LogP contribution in [0.25, 0.3) is 0 Å². The van der Waals surface area contributed by atoms with Gasteiger partial charge in [-0.05, 0) is 58.4 Å². The summed E-state index contributed by atoms with van der Waals surface area (Å²) in [5.74, 6) is 0.896. The highest BCUT2D eigenvalue weighted by Crippen LogP contribution is 2.39. The highest BCUT2D eigenvalue weighted by Gasteiger charge is 2.29.